The number of hydrogen-bond acceptors (Lipinski definition) is 5. The van der Waals surface area contributed by atoms with Crippen LogP contribution in [-0.2, 0) is 0 Å². The van der Waals surface area contributed by atoms with E-state index in [4.69, 9.17) is 0 Å². The van der Waals surface area contributed by atoms with E-state index in [0.717, 1.165) is 55.2 Å². The average molecular weight is 423 g/mol. The average Bonchev–Trinajstić information content (AvgIpc) is 3.48. The fourth-order valence-electron chi connectivity index (χ4n) is 4.22. The Morgan fingerprint density at radius 2 is 1.90 bits per heavy atom. The minimum atomic E-state index is -0.436. The third kappa shape index (κ3) is 4.56. The number of carbonyl (C=O) groups is 2. The van der Waals surface area contributed by atoms with Gasteiger partial charge in [0.1, 0.15) is 5.82 Å². The van der Waals surface area contributed by atoms with Crippen LogP contribution in [0.4, 0.5) is 5.82 Å². The summed E-state index contributed by atoms with van der Waals surface area (Å²) in [6.07, 6.45) is 7.56. The van der Waals surface area contributed by atoms with E-state index in [0.29, 0.717) is 23.0 Å². The molecule has 0 spiro atoms. The van der Waals surface area contributed by atoms with Crippen molar-refractivity contribution in [2.45, 2.75) is 57.0 Å². The van der Waals surface area contributed by atoms with Crippen LogP contribution in [0.2, 0.25) is 0 Å². The highest BCUT2D eigenvalue weighted by Crippen LogP contribution is 2.34. The Labute approximate surface area is 182 Å². The maximum absolute atomic E-state index is 12.7. The van der Waals surface area contributed by atoms with Crippen LogP contribution in [0.25, 0.3) is 11.1 Å². The standard InChI is InChI=1S/C24H30N4O3/c1-15-5-6-16(22(30)27-18-7-8-18)11-19(15)17-12-20(23(31)25-2)21(26-13-17)28-24(14-29)9-3-4-10-24/h5-6,11-13,18,29H,3-4,7-10,14H2,1-2H3,(H,25,31)(H,26,28)(H,27,30). The number of nitrogens with one attached hydrogen (secondary N) is 3. The fourth-order valence-corrected chi connectivity index (χ4v) is 4.22. The van der Waals surface area contributed by atoms with Crippen LogP contribution in [-0.4, -0.2) is 47.1 Å². The Hall–Kier alpha value is -2.93. The topological polar surface area (TPSA) is 103 Å². The highest BCUT2D eigenvalue weighted by molar-refractivity contribution is 6.00. The Morgan fingerprint density at radius 3 is 2.55 bits per heavy atom. The predicted molar refractivity (Wildman–Crippen MR) is 120 cm³/mol. The van der Waals surface area contributed by atoms with Gasteiger partial charge in [0.25, 0.3) is 11.8 Å². The van der Waals surface area contributed by atoms with E-state index < -0.39 is 5.54 Å². The van der Waals surface area contributed by atoms with Gasteiger partial charge in [-0.1, -0.05) is 18.9 Å². The van der Waals surface area contributed by atoms with Crippen LogP contribution in [0.15, 0.2) is 30.5 Å². The van der Waals surface area contributed by atoms with Crippen molar-refractivity contribution in [2.75, 3.05) is 19.0 Å². The Morgan fingerprint density at radius 1 is 1.16 bits per heavy atom. The zero-order valence-corrected chi connectivity index (χ0v) is 18.1. The smallest absolute Gasteiger partial charge is 0.254 e. The molecule has 0 atom stereocenters. The third-order valence-corrected chi connectivity index (χ3v) is 6.33. The molecule has 0 aliphatic heterocycles. The second-order valence-electron chi connectivity index (χ2n) is 8.75. The van der Waals surface area contributed by atoms with Crippen molar-refractivity contribution >= 4 is 17.6 Å². The molecule has 4 N–H and O–H groups in total. The lowest BCUT2D eigenvalue weighted by atomic mass is 9.96. The van der Waals surface area contributed by atoms with Crippen LogP contribution >= 0.6 is 0 Å². The molecule has 2 amide bonds. The van der Waals surface area contributed by atoms with Gasteiger partial charge in [0.05, 0.1) is 17.7 Å². The summed E-state index contributed by atoms with van der Waals surface area (Å²) in [4.78, 5) is 29.7. The summed E-state index contributed by atoms with van der Waals surface area (Å²) in [7, 11) is 1.59. The predicted octanol–water partition coefficient (Wildman–Crippen LogP) is 3.03. The van der Waals surface area contributed by atoms with Crippen LogP contribution in [0.1, 0.15) is 64.8 Å². The second-order valence-corrected chi connectivity index (χ2v) is 8.75. The monoisotopic (exact) mass is 422 g/mol. The summed E-state index contributed by atoms with van der Waals surface area (Å²) in [5, 5.41) is 19.0. The first-order valence-corrected chi connectivity index (χ1v) is 11.0. The van der Waals surface area contributed by atoms with Crippen LogP contribution < -0.4 is 16.0 Å². The summed E-state index contributed by atoms with van der Waals surface area (Å²) in [6.45, 7) is 1.98. The molecule has 0 saturated heterocycles. The second kappa shape index (κ2) is 8.67. The van der Waals surface area contributed by atoms with E-state index in [1.807, 2.05) is 25.1 Å². The van der Waals surface area contributed by atoms with E-state index in [9.17, 15) is 14.7 Å². The molecular formula is C24H30N4O3. The van der Waals surface area contributed by atoms with Gasteiger partial charge < -0.3 is 21.1 Å². The highest BCUT2D eigenvalue weighted by Gasteiger charge is 2.34. The Balaban J connectivity index is 1.69. The normalized spacial score (nSPS) is 17.3. The van der Waals surface area contributed by atoms with Crippen molar-refractivity contribution in [3.05, 3.63) is 47.2 Å². The number of aryl methyl sites for hydroxylation is 1. The molecule has 31 heavy (non-hydrogen) atoms. The van der Waals surface area contributed by atoms with E-state index in [2.05, 4.69) is 20.9 Å². The summed E-state index contributed by atoms with van der Waals surface area (Å²) in [5.41, 5.74) is 3.22. The summed E-state index contributed by atoms with van der Waals surface area (Å²) in [5.74, 6) is 0.148. The number of hydrogen-bond donors (Lipinski definition) is 4. The summed E-state index contributed by atoms with van der Waals surface area (Å²) >= 11 is 0. The number of aliphatic hydroxyl groups is 1. The van der Waals surface area contributed by atoms with E-state index in [1.54, 1.807) is 19.3 Å². The quantitative estimate of drug-likeness (QED) is 0.549. The minimum absolute atomic E-state index is 0.000868. The number of nitrogens with zero attached hydrogens (tertiary/aromatic N) is 1. The number of pyridine rings is 1. The lowest BCUT2D eigenvalue weighted by molar-refractivity contribution is 0.0947. The van der Waals surface area contributed by atoms with Crippen LogP contribution in [0.3, 0.4) is 0 Å². The maximum Gasteiger partial charge on any atom is 0.254 e. The zero-order valence-electron chi connectivity index (χ0n) is 18.1. The van der Waals surface area contributed by atoms with Crippen molar-refractivity contribution in [2.24, 2.45) is 0 Å². The van der Waals surface area contributed by atoms with Gasteiger partial charge in [-0.25, -0.2) is 4.98 Å². The van der Waals surface area contributed by atoms with Gasteiger partial charge in [0.2, 0.25) is 0 Å². The number of benzene rings is 1. The van der Waals surface area contributed by atoms with Gasteiger partial charge in [-0.15, -0.1) is 0 Å². The largest absolute Gasteiger partial charge is 0.394 e. The van der Waals surface area contributed by atoms with Gasteiger partial charge >= 0.3 is 0 Å². The first-order valence-electron chi connectivity index (χ1n) is 11.0. The third-order valence-electron chi connectivity index (χ3n) is 6.33. The van der Waals surface area contributed by atoms with Gasteiger partial charge in [0, 0.05) is 30.4 Å². The van der Waals surface area contributed by atoms with Crippen molar-refractivity contribution in [1.82, 2.24) is 15.6 Å². The lowest BCUT2D eigenvalue weighted by Gasteiger charge is -2.29. The van der Waals surface area contributed by atoms with E-state index in [-0.39, 0.29) is 18.4 Å². The highest BCUT2D eigenvalue weighted by atomic mass is 16.3. The molecule has 7 heteroatoms. The molecule has 7 nitrogen and oxygen atoms in total. The van der Waals surface area contributed by atoms with Crippen molar-refractivity contribution in [3.63, 3.8) is 0 Å². The molecule has 2 aromatic rings. The molecule has 0 bridgehead atoms. The minimum Gasteiger partial charge on any atom is -0.394 e. The molecule has 164 valence electrons. The number of amides is 2. The Bertz CT molecular complexity index is 994. The molecule has 1 aromatic heterocycles. The van der Waals surface area contributed by atoms with Crippen LogP contribution in [0.5, 0.6) is 0 Å². The number of rotatable bonds is 7. The van der Waals surface area contributed by atoms with E-state index >= 15 is 0 Å². The van der Waals surface area contributed by atoms with Gasteiger partial charge in [0.15, 0.2) is 0 Å². The van der Waals surface area contributed by atoms with E-state index in [1.165, 1.54) is 0 Å². The molecular weight excluding hydrogens is 392 g/mol. The molecule has 2 aliphatic rings. The SMILES string of the molecule is CNC(=O)c1cc(-c2cc(C(=O)NC3CC3)ccc2C)cnc1NC1(CO)CCCC1. The van der Waals surface area contributed by atoms with Gasteiger partial charge in [-0.2, -0.15) is 0 Å². The molecule has 4 rings (SSSR count). The molecule has 1 aromatic carbocycles. The number of anilines is 1. The Kier molecular flexibility index (Phi) is 5.96. The molecule has 2 aliphatic carbocycles. The zero-order chi connectivity index (χ0) is 22.0. The molecule has 0 unspecified atom stereocenters. The number of aromatic nitrogens is 1. The van der Waals surface area contributed by atoms with Crippen molar-refractivity contribution in [1.29, 1.82) is 0 Å². The number of aliphatic hydroxyl groups excluding tert-OH is 1. The number of carbonyl (C=O) groups excluding carboxylic acids is 2. The molecule has 1 heterocycles. The van der Waals surface area contributed by atoms with Crippen LogP contribution in [0, 0.1) is 6.92 Å². The summed E-state index contributed by atoms with van der Waals surface area (Å²) in [6, 6.07) is 7.70. The van der Waals surface area contributed by atoms with Gasteiger partial charge in [-0.05, 0) is 61.9 Å². The molecule has 2 fully saturated rings. The molecule has 0 radical (unpaired) electrons. The van der Waals surface area contributed by atoms with Crippen molar-refractivity contribution < 1.29 is 14.7 Å². The molecule has 2 saturated carbocycles. The van der Waals surface area contributed by atoms with Crippen molar-refractivity contribution in [3.8, 4) is 11.1 Å². The first kappa shape index (κ1) is 21.3. The lowest BCUT2D eigenvalue weighted by Crippen LogP contribution is -2.40. The van der Waals surface area contributed by atoms with Gasteiger partial charge in [-0.3, -0.25) is 9.59 Å². The fraction of sp³-hybridized carbons (Fsp3) is 0.458. The maximum atomic E-state index is 12.7. The first-order chi connectivity index (χ1) is 14.9. The summed E-state index contributed by atoms with van der Waals surface area (Å²) < 4.78 is 0.